The Morgan fingerprint density at radius 1 is 1.00 bits per heavy atom. The molecule has 19 heavy (non-hydrogen) atoms. The lowest BCUT2D eigenvalue weighted by molar-refractivity contribution is -0.118. The summed E-state index contributed by atoms with van der Waals surface area (Å²) in [7, 11) is 0. The molecule has 0 atom stereocenters. The van der Waals surface area contributed by atoms with Crippen LogP contribution in [0.3, 0.4) is 0 Å². The van der Waals surface area contributed by atoms with Gasteiger partial charge in [0.25, 0.3) is 0 Å². The van der Waals surface area contributed by atoms with Crippen LogP contribution in [0.4, 0.5) is 0 Å². The van der Waals surface area contributed by atoms with Crippen LogP contribution in [-0.2, 0) is 4.79 Å². The maximum absolute atomic E-state index is 11.8. The van der Waals surface area contributed by atoms with Gasteiger partial charge in [-0.1, -0.05) is 57.5 Å². The molecule has 0 aliphatic rings. The third-order valence-corrected chi connectivity index (χ3v) is 3.09. The number of hydrogen-bond acceptors (Lipinski definition) is 2. The van der Waals surface area contributed by atoms with Crippen molar-refractivity contribution in [3.63, 3.8) is 0 Å². The molecule has 0 spiro atoms. The Bertz CT molecular complexity index is 413. The van der Waals surface area contributed by atoms with E-state index in [0.717, 1.165) is 19.3 Å². The summed E-state index contributed by atoms with van der Waals surface area (Å²) in [5.74, 6) is -0.0100. The molecule has 1 aromatic carbocycles. The van der Waals surface area contributed by atoms with Gasteiger partial charge in [0.2, 0.25) is 0 Å². The fourth-order valence-electron chi connectivity index (χ4n) is 1.97. The highest BCUT2D eigenvalue weighted by atomic mass is 16.1. The van der Waals surface area contributed by atoms with Crippen molar-refractivity contribution in [2.24, 2.45) is 5.41 Å². The van der Waals surface area contributed by atoms with Gasteiger partial charge in [-0.15, -0.1) is 0 Å². The number of carbonyl (C=O) groups is 2. The van der Waals surface area contributed by atoms with Gasteiger partial charge in [0, 0.05) is 12.0 Å². The zero-order chi connectivity index (χ0) is 14.3. The molecule has 0 heterocycles. The topological polar surface area (TPSA) is 34.1 Å². The van der Waals surface area contributed by atoms with E-state index in [4.69, 9.17) is 0 Å². The van der Waals surface area contributed by atoms with Crippen LogP contribution in [0.1, 0.15) is 63.2 Å². The summed E-state index contributed by atoms with van der Waals surface area (Å²) in [4.78, 5) is 23.6. The van der Waals surface area contributed by atoms with Crippen molar-refractivity contribution in [2.45, 2.75) is 52.9 Å². The van der Waals surface area contributed by atoms with Gasteiger partial charge in [-0.2, -0.15) is 0 Å². The highest BCUT2D eigenvalue weighted by molar-refractivity contribution is 6.07. The number of unbranched alkanes of at least 4 members (excludes halogenated alkanes) is 1. The molecule has 0 radical (unpaired) electrons. The fourth-order valence-corrected chi connectivity index (χ4v) is 1.97. The minimum atomic E-state index is -0.0681. The SMILES string of the molecule is CC(C)(C)CCCCC(=O)CC(=O)c1ccccc1. The van der Waals surface area contributed by atoms with Crippen LogP contribution in [0.2, 0.25) is 0 Å². The molecule has 1 rings (SSSR count). The molecule has 0 N–H and O–H groups in total. The van der Waals surface area contributed by atoms with Crippen molar-refractivity contribution < 1.29 is 9.59 Å². The van der Waals surface area contributed by atoms with Crippen molar-refractivity contribution >= 4 is 11.6 Å². The molecule has 0 saturated heterocycles. The van der Waals surface area contributed by atoms with Gasteiger partial charge in [0.05, 0.1) is 6.42 Å². The molecule has 0 fully saturated rings. The van der Waals surface area contributed by atoms with Gasteiger partial charge < -0.3 is 0 Å². The molecule has 0 unspecified atom stereocenters. The Kier molecular flexibility index (Phi) is 5.94. The van der Waals surface area contributed by atoms with Crippen LogP contribution in [0.5, 0.6) is 0 Å². The Hall–Kier alpha value is -1.44. The van der Waals surface area contributed by atoms with Crippen molar-refractivity contribution in [3.8, 4) is 0 Å². The van der Waals surface area contributed by atoms with E-state index in [1.165, 1.54) is 0 Å². The zero-order valence-electron chi connectivity index (χ0n) is 12.2. The smallest absolute Gasteiger partial charge is 0.170 e. The van der Waals surface area contributed by atoms with Gasteiger partial charge in [-0.05, 0) is 18.3 Å². The van der Waals surface area contributed by atoms with Crippen molar-refractivity contribution in [2.75, 3.05) is 0 Å². The number of carbonyl (C=O) groups excluding carboxylic acids is 2. The molecule has 0 amide bonds. The van der Waals surface area contributed by atoms with Crippen LogP contribution in [0.15, 0.2) is 30.3 Å². The molecule has 2 heteroatoms. The highest BCUT2D eigenvalue weighted by Crippen LogP contribution is 2.22. The summed E-state index contributed by atoms with van der Waals surface area (Å²) in [5.41, 5.74) is 0.952. The minimum Gasteiger partial charge on any atom is -0.299 e. The maximum Gasteiger partial charge on any atom is 0.170 e. The molecule has 2 nitrogen and oxygen atoms in total. The second kappa shape index (κ2) is 7.22. The maximum atomic E-state index is 11.8. The summed E-state index contributed by atoms with van der Waals surface area (Å²) in [6.45, 7) is 6.61. The van der Waals surface area contributed by atoms with Crippen molar-refractivity contribution in [1.29, 1.82) is 0 Å². The Balaban J connectivity index is 2.27. The van der Waals surface area contributed by atoms with Gasteiger partial charge >= 0.3 is 0 Å². The van der Waals surface area contributed by atoms with Gasteiger partial charge in [0.1, 0.15) is 5.78 Å². The van der Waals surface area contributed by atoms with Gasteiger partial charge in [-0.25, -0.2) is 0 Å². The molecule has 0 aliphatic heterocycles. The summed E-state index contributed by atoms with van der Waals surface area (Å²) in [6.07, 6.45) is 3.62. The lowest BCUT2D eigenvalue weighted by Crippen LogP contribution is -2.09. The van der Waals surface area contributed by atoms with E-state index in [2.05, 4.69) is 20.8 Å². The Morgan fingerprint density at radius 2 is 1.63 bits per heavy atom. The van der Waals surface area contributed by atoms with E-state index in [-0.39, 0.29) is 18.0 Å². The van der Waals surface area contributed by atoms with Crippen LogP contribution in [0, 0.1) is 5.41 Å². The van der Waals surface area contributed by atoms with E-state index in [1.807, 2.05) is 18.2 Å². The molecular formula is C17H24O2. The first-order valence-electron chi connectivity index (χ1n) is 6.98. The number of Topliss-reactive ketones (excluding diaryl/α,β-unsaturated/α-hetero) is 2. The molecular weight excluding hydrogens is 236 g/mol. The largest absolute Gasteiger partial charge is 0.299 e. The molecule has 104 valence electrons. The predicted molar refractivity (Wildman–Crippen MR) is 78.3 cm³/mol. The first kappa shape index (κ1) is 15.6. The summed E-state index contributed by atoms with van der Waals surface area (Å²) in [6, 6.07) is 9.03. The number of ketones is 2. The standard InChI is InChI=1S/C17H24O2/c1-17(2,3)12-8-7-11-15(18)13-16(19)14-9-5-4-6-10-14/h4-6,9-10H,7-8,11-13H2,1-3H3. The second-order valence-electron chi connectivity index (χ2n) is 6.27. The van der Waals surface area contributed by atoms with E-state index in [9.17, 15) is 9.59 Å². The van der Waals surface area contributed by atoms with Crippen LogP contribution >= 0.6 is 0 Å². The number of benzene rings is 1. The lowest BCUT2D eigenvalue weighted by atomic mass is 9.89. The second-order valence-corrected chi connectivity index (χ2v) is 6.27. The minimum absolute atomic E-state index is 0.0412. The third kappa shape index (κ3) is 6.90. The molecule has 0 aliphatic carbocycles. The highest BCUT2D eigenvalue weighted by Gasteiger charge is 2.13. The molecule has 0 saturated carbocycles. The molecule has 0 aromatic heterocycles. The van der Waals surface area contributed by atoms with Gasteiger partial charge in [-0.3, -0.25) is 9.59 Å². The summed E-state index contributed by atoms with van der Waals surface area (Å²) < 4.78 is 0. The predicted octanol–water partition coefficient (Wildman–Crippen LogP) is 4.44. The lowest BCUT2D eigenvalue weighted by Gasteiger charge is -2.17. The van der Waals surface area contributed by atoms with Gasteiger partial charge in [0.15, 0.2) is 5.78 Å². The van der Waals surface area contributed by atoms with E-state index >= 15 is 0 Å². The average molecular weight is 260 g/mol. The first-order chi connectivity index (χ1) is 8.88. The third-order valence-electron chi connectivity index (χ3n) is 3.09. The normalized spacial score (nSPS) is 11.3. The molecule has 0 bridgehead atoms. The van der Waals surface area contributed by atoms with Crippen LogP contribution < -0.4 is 0 Å². The molecule has 1 aromatic rings. The fraction of sp³-hybridized carbons (Fsp3) is 0.529. The number of hydrogen-bond donors (Lipinski definition) is 0. The van der Waals surface area contributed by atoms with Crippen LogP contribution in [-0.4, -0.2) is 11.6 Å². The average Bonchev–Trinajstić information content (AvgIpc) is 2.34. The summed E-state index contributed by atoms with van der Waals surface area (Å²) in [5, 5.41) is 0. The summed E-state index contributed by atoms with van der Waals surface area (Å²) >= 11 is 0. The van der Waals surface area contributed by atoms with E-state index < -0.39 is 0 Å². The van der Waals surface area contributed by atoms with Crippen molar-refractivity contribution in [1.82, 2.24) is 0 Å². The number of rotatable bonds is 7. The quantitative estimate of drug-likeness (QED) is 0.413. The Morgan fingerprint density at radius 3 is 2.21 bits per heavy atom. The van der Waals surface area contributed by atoms with Crippen LogP contribution in [0.25, 0.3) is 0 Å². The van der Waals surface area contributed by atoms with E-state index in [1.54, 1.807) is 12.1 Å². The first-order valence-corrected chi connectivity index (χ1v) is 6.98. The Labute approximate surface area is 116 Å². The van der Waals surface area contributed by atoms with Crippen molar-refractivity contribution in [3.05, 3.63) is 35.9 Å². The zero-order valence-corrected chi connectivity index (χ0v) is 12.2. The monoisotopic (exact) mass is 260 g/mol. The van der Waals surface area contributed by atoms with E-state index in [0.29, 0.717) is 17.4 Å².